The van der Waals surface area contributed by atoms with E-state index in [2.05, 4.69) is 41.2 Å². The molecule has 3 atom stereocenters. The molecule has 2 bridgehead atoms. The predicted octanol–water partition coefficient (Wildman–Crippen LogP) is 4.82. The van der Waals surface area contributed by atoms with Crippen LogP contribution in [0.1, 0.15) is 65.1 Å². The zero-order chi connectivity index (χ0) is 23.9. The van der Waals surface area contributed by atoms with Gasteiger partial charge in [0.05, 0.1) is 12.3 Å². The molecule has 3 fully saturated rings. The number of halogens is 1. The van der Waals surface area contributed by atoms with E-state index in [0.29, 0.717) is 23.4 Å². The van der Waals surface area contributed by atoms with Gasteiger partial charge in [-0.05, 0) is 86.2 Å². The molecule has 1 amide bonds. The van der Waals surface area contributed by atoms with Crippen molar-refractivity contribution in [3.8, 4) is 5.69 Å². The minimum absolute atomic E-state index is 0.0470. The first-order chi connectivity index (χ1) is 16.3. The van der Waals surface area contributed by atoms with Gasteiger partial charge in [0, 0.05) is 11.7 Å². The van der Waals surface area contributed by atoms with Gasteiger partial charge in [-0.1, -0.05) is 39.0 Å². The first kappa shape index (κ1) is 23.8. The molecule has 1 aromatic heterocycles. The van der Waals surface area contributed by atoms with Crippen LogP contribution in [0.15, 0.2) is 29.4 Å². The normalized spacial score (nSPS) is 28.4. The van der Waals surface area contributed by atoms with Crippen LogP contribution in [0, 0.1) is 22.6 Å². The average molecular weight is 486 g/mol. The third-order valence-corrected chi connectivity index (χ3v) is 9.99. The quantitative estimate of drug-likeness (QED) is 0.570. The molecule has 2 heterocycles. The summed E-state index contributed by atoms with van der Waals surface area (Å²) >= 11 is 1.40. The summed E-state index contributed by atoms with van der Waals surface area (Å²) in [5, 5.41) is 12.9. The minimum atomic E-state index is -0.273. The lowest BCUT2D eigenvalue weighted by Crippen LogP contribution is -2.47. The second-order valence-electron chi connectivity index (χ2n) is 11.1. The van der Waals surface area contributed by atoms with Crippen LogP contribution >= 0.6 is 11.8 Å². The van der Waals surface area contributed by atoms with Gasteiger partial charge in [-0.25, -0.2) is 4.39 Å². The number of carbonyl (C=O) groups excluding carboxylic acids is 1. The molecule has 184 valence electrons. The van der Waals surface area contributed by atoms with Gasteiger partial charge in [0.1, 0.15) is 5.82 Å². The fourth-order valence-electron chi connectivity index (χ4n) is 6.45. The van der Waals surface area contributed by atoms with Gasteiger partial charge >= 0.3 is 0 Å². The Morgan fingerprint density at radius 1 is 1.15 bits per heavy atom. The number of amides is 1. The minimum Gasteiger partial charge on any atom is -0.352 e. The van der Waals surface area contributed by atoms with Gasteiger partial charge in [0.2, 0.25) is 5.91 Å². The third-order valence-electron chi connectivity index (χ3n) is 9.06. The number of fused-ring (bicyclic) bond motifs is 2. The van der Waals surface area contributed by atoms with E-state index in [9.17, 15) is 9.18 Å². The lowest BCUT2D eigenvalue weighted by molar-refractivity contribution is -0.120. The smallest absolute Gasteiger partial charge is 0.230 e. The highest BCUT2D eigenvalue weighted by Gasteiger charge is 2.61. The highest BCUT2D eigenvalue weighted by Crippen LogP contribution is 2.65. The molecule has 0 radical (unpaired) electrons. The van der Waals surface area contributed by atoms with Crippen molar-refractivity contribution in [2.75, 3.05) is 18.8 Å². The number of nitrogens with one attached hydrogen (secondary N) is 1. The number of benzene rings is 1. The summed E-state index contributed by atoms with van der Waals surface area (Å²) in [5.41, 5.74) is 1.25. The molecule has 1 aromatic carbocycles. The van der Waals surface area contributed by atoms with Crippen LogP contribution in [0.4, 0.5) is 4.39 Å². The Bertz CT molecular complexity index is 1030. The number of carbonyl (C=O) groups is 1. The summed E-state index contributed by atoms with van der Waals surface area (Å²) in [6.07, 6.45) is 7.20. The first-order valence-corrected chi connectivity index (χ1v) is 13.6. The number of piperidine rings is 1. The van der Waals surface area contributed by atoms with Gasteiger partial charge in [0.15, 0.2) is 11.0 Å². The van der Waals surface area contributed by atoms with Crippen molar-refractivity contribution < 1.29 is 9.18 Å². The number of thioether (sulfide) groups is 1. The van der Waals surface area contributed by atoms with E-state index in [1.807, 2.05) is 4.57 Å². The Morgan fingerprint density at radius 3 is 2.53 bits per heavy atom. The number of rotatable bonds is 7. The van der Waals surface area contributed by atoms with Crippen LogP contribution in [0.25, 0.3) is 5.69 Å². The fourth-order valence-corrected chi connectivity index (χ4v) is 7.23. The highest BCUT2D eigenvalue weighted by molar-refractivity contribution is 7.99. The molecule has 2 aliphatic carbocycles. The maximum atomic E-state index is 13.6. The molecule has 5 rings (SSSR count). The monoisotopic (exact) mass is 485 g/mol. The Labute approximate surface area is 206 Å². The van der Waals surface area contributed by atoms with Crippen LogP contribution in [-0.4, -0.2) is 50.5 Å². The average Bonchev–Trinajstić information content (AvgIpc) is 3.37. The fraction of sp³-hybridized carbons (Fsp3) is 0.654. The molecule has 2 aromatic rings. The molecule has 0 spiro atoms. The first-order valence-electron chi connectivity index (χ1n) is 12.6. The topological polar surface area (TPSA) is 63.1 Å². The van der Waals surface area contributed by atoms with Crippen molar-refractivity contribution in [1.82, 2.24) is 25.0 Å². The standard InChI is InChI=1S/C26H36FN5OS/c1-25(2)18-11-12-26(25,3)21(15-18)28-23(33)17-34-24-30-29-22(16-31-13-5-4-6-14-31)32(24)20-9-7-19(27)8-10-20/h7-10,18,21H,4-6,11-17H2,1-3H3,(H,28,33). The summed E-state index contributed by atoms with van der Waals surface area (Å²) in [6, 6.07) is 6.65. The summed E-state index contributed by atoms with van der Waals surface area (Å²) in [4.78, 5) is 15.4. The van der Waals surface area contributed by atoms with Gasteiger partial charge in [-0.15, -0.1) is 10.2 Å². The second-order valence-corrected chi connectivity index (χ2v) is 12.0. The predicted molar refractivity (Wildman–Crippen MR) is 132 cm³/mol. The number of hydrogen-bond acceptors (Lipinski definition) is 5. The molecule has 1 aliphatic heterocycles. The van der Waals surface area contributed by atoms with Crippen molar-refractivity contribution in [3.05, 3.63) is 35.9 Å². The van der Waals surface area contributed by atoms with Crippen molar-refractivity contribution >= 4 is 17.7 Å². The lowest BCUT2D eigenvalue weighted by atomic mass is 9.69. The van der Waals surface area contributed by atoms with E-state index in [-0.39, 0.29) is 28.6 Å². The summed E-state index contributed by atoms with van der Waals surface area (Å²) in [6.45, 7) is 9.88. The van der Waals surface area contributed by atoms with E-state index in [1.54, 1.807) is 12.1 Å². The summed E-state index contributed by atoms with van der Waals surface area (Å²) in [5.74, 6) is 1.59. The van der Waals surface area contributed by atoms with E-state index in [0.717, 1.165) is 31.0 Å². The highest BCUT2D eigenvalue weighted by atomic mass is 32.2. The molecule has 6 nitrogen and oxygen atoms in total. The maximum Gasteiger partial charge on any atom is 0.230 e. The van der Waals surface area contributed by atoms with Gasteiger partial charge in [0.25, 0.3) is 0 Å². The zero-order valence-corrected chi connectivity index (χ0v) is 21.3. The Hall–Kier alpha value is -1.93. The van der Waals surface area contributed by atoms with Crippen molar-refractivity contribution in [1.29, 1.82) is 0 Å². The third kappa shape index (κ3) is 4.28. The van der Waals surface area contributed by atoms with Crippen LogP contribution in [0.3, 0.4) is 0 Å². The molecular formula is C26H36FN5OS. The summed E-state index contributed by atoms with van der Waals surface area (Å²) < 4.78 is 15.6. The number of nitrogens with zero attached hydrogens (tertiary/aromatic N) is 4. The van der Waals surface area contributed by atoms with Gasteiger partial charge < -0.3 is 5.32 Å². The summed E-state index contributed by atoms with van der Waals surface area (Å²) in [7, 11) is 0. The lowest BCUT2D eigenvalue weighted by Gasteiger charge is -2.39. The molecule has 2 saturated carbocycles. The van der Waals surface area contributed by atoms with Gasteiger partial charge in [-0.3, -0.25) is 14.3 Å². The van der Waals surface area contributed by atoms with Crippen molar-refractivity contribution in [3.63, 3.8) is 0 Å². The Balaban J connectivity index is 1.29. The van der Waals surface area contributed by atoms with Gasteiger partial charge in [-0.2, -0.15) is 0 Å². The molecule has 34 heavy (non-hydrogen) atoms. The maximum absolute atomic E-state index is 13.6. The van der Waals surface area contributed by atoms with Crippen LogP contribution in [0.5, 0.6) is 0 Å². The second kappa shape index (κ2) is 9.26. The number of hydrogen-bond donors (Lipinski definition) is 1. The largest absolute Gasteiger partial charge is 0.352 e. The molecule has 8 heteroatoms. The van der Waals surface area contributed by atoms with E-state index in [4.69, 9.17) is 0 Å². The van der Waals surface area contributed by atoms with Crippen LogP contribution in [-0.2, 0) is 11.3 Å². The number of aromatic nitrogens is 3. The van der Waals surface area contributed by atoms with Crippen molar-refractivity contribution in [2.45, 2.75) is 77.0 Å². The molecule has 3 unspecified atom stereocenters. The molecule has 3 aliphatic rings. The van der Waals surface area contributed by atoms with E-state index < -0.39 is 0 Å². The molecular weight excluding hydrogens is 449 g/mol. The number of likely N-dealkylation sites (tertiary alicyclic amines) is 1. The van der Waals surface area contributed by atoms with Crippen LogP contribution in [0.2, 0.25) is 0 Å². The van der Waals surface area contributed by atoms with Crippen molar-refractivity contribution in [2.24, 2.45) is 16.7 Å². The molecule has 1 N–H and O–H groups in total. The zero-order valence-electron chi connectivity index (χ0n) is 20.5. The Morgan fingerprint density at radius 2 is 1.88 bits per heavy atom. The molecule has 1 saturated heterocycles. The SMILES string of the molecule is CC1(C)C2CCC1(C)C(NC(=O)CSc1nnc(CN3CCCCC3)n1-c1ccc(F)cc1)C2. The van der Waals surface area contributed by atoms with E-state index >= 15 is 0 Å². The van der Waals surface area contributed by atoms with E-state index in [1.165, 1.54) is 56.0 Å². The Kier molecular flexibility index (Phi) is 6.48. The van der Waals surface area contributed by atoms with Crippen LogP contribution < -0.4 is 5.32 Å².